The van der Waals surface area contributed by atoms with Gasteiger partial charge in [0, 0.05) is 22.2 Å². The number of halogens is 3. The van der Waals surface area contributed by atoms with Crippen LogP contribution in [-0.2, 0) is 22.0 Å². The first-order valence-electron chi connectivity index (χ1n) is 9.48. The number of alkyl halides is 3. The molecule has 0 unspecified atom stereocenters. The Balaban J connectivity index is 1.43. The predicted octanol–water partition coefficient (Wildman–Crippen LogP) is 6.44. The van der Waals surface area contributed by atoms with Crippen LogP contribution in [-0.4, -0.2) is 13.4 Å². The second-order valence-corrected chi connectivity index (χ2v) is 9.62. The van der Waals surface area contributed by atoms with Crippen LogP contribution in [0.25, 0.3) is 21.8 Å². The van der Waals surface area contributed by atoms with E-state index in [2.05, 4.69) is 9.71 Å². The van der Waals surface area contributed by atoms with Crippen LogP contribution in [0.3, 0.4) is 0 Å². The number of hydrogen-bond acceptors (Lipinski definition) is 4. The average molecular weight is 475 g/mol. The molecule has 0 fully saturated rings. The van der Waals surface area contributed by atoms with Gasteiger partial charge in [-0.2, -0.15) is 13.2 Å². The Bertz CT molecular complexity index is 1300. The average Bonchev–Trinajstić information content (AvgIpc) is 3.24. The molecule has 0 radical (unpaired) electrons. The Labute approximate surface area is 187 Å². The highest BCUT2D eigenvalue weighted by Crippen LogP contribution is 2.30. The number of nitrogens with zero attached hydrogens (tertiary/aromatic N) is 1. The molecule has 0 saturated carbocycles. The fourth-order valence-electron chi connectivity index (χ4n) is 3.05. The van der Waals surface area contributed by atoms with Gasteiger partial charge in [0.1, 0.15) is 5.01 Å². The van der Waals surface area contributed by atoms with Crippen molar-refractivity contribution < 1.29 is 21.6 Å². The molecule has 4 aromatic rings. The Hall–Kier alpha value is -3.17. The summed E-state index contributed by atoms with van der Waals surface area (Å²) in [5, 5.41) is 2.83. The van der Waals surface area contributed by atoms with Gasteiger partial charge in [-0.05, 0) is 29.8 Å². The first-order valence-corrected chi connectivity index (χ1v) is 12.0. The number of benzene rings is 3. The summed E-state index contributed by atoms with van der Waals surface area (Å²) < 4.78 is 65.3. The Morgan fingerprint density at radius 3 is 2.12 bits per heavy atom. The van der Waals surface area contributed by atoms with Crippen molar-refractivity contribution in [1.82, 2.24) is 4.98 Å². The van der Waals surface area contributed by atoms with Crippen LogP contribution in [0.1, 0.15) is 11.1 Å². The summed E-state index contributed by atoms with van der Waals surface area (Å²) in [7, 11) is -3.79. The van der Waals surface area contributed by atoms with Crippen molar-refractivity contribution in [3.05, 3.63) is 95.4 Å². The molecule has 164 valence electrons. The molecule has 0 bridgehead atoms. The maximum Gasteiger partial charge on any atom is 0.416 e. The molecule has 1 heterocycles. The minimum atomic E-state index is -4.46. The van der Waals surface area contributed by atoms with Gasteiger partial charge in [0.05, 0.1) is 17.0 Å². The summed E-state index contributed by atoms with van der Waals surface area (Å²) in [5.41, 5.74) is 2.45. The zero-order valence-electron chi connectivity index (χ0n) is 16.5. The first kappa shape index (κ1) is 22.0. The third kappa shape index (κ3) is 5.35. The van der Waals surface area contributed by atoms with Gasteiger partial charge in [0.15, 0.2) is 0 Å². The van der Waals surface area contributed by atoms with Crippen LogP contribution < -0.4 is 4.72 Å². The Kier molecular flexibility index (Phi) is 6.03. The highest BCUT2D eigenvalue weighted by molar-refractivity contribution is 7.91. The zero-order chi connectivity index (χ0) is 22.8. The van der Waals surface area contributed by atoms with Crippen molar-refractivity contribution in [3.63, 3.8) is 0 Å². The van der Waals surface area contributed by atoms with E-state index < -0.39 is 27.5 Å². The standard InChI is InChI=1S/C23H17F3N2O2S2/c24-23(25,26)19-10-6-16(7-11-19)15-32(29,30)28-20-12-8-17(9-13-20)21-14-31-22(27-21)18-4-2-1-3-5-18/h1-14,28H,15H2. The second-order valence-electron chi connectivity index (χ2n) is 7.04. The van der Waals surface area contributed by atoms with Crippen molar-refractivity contribution in [3.8, 4) is 21.8 Å². The molecule has 3 aromatic carbocycles. The fraction of sp³-hybridized carbons (Fsp3) is 0.0870. The lowest BCUT2D eigenvalue weighted by Gasteiger charge is -2.10. The number of nitrogens with one attached hydrogen (secondary N) is 1. The number of sulfonamides is 1. The predicted molar refractivity (Wildman–Crippen MR) is 121 cm³/mol. The highest BCUT2D eigenvalue weighted by atomic mass is 32.2. The molecule has 9 heteroatoms. The van der Waals surface area contributed by atoms with E-state index in [1.165, 1.54) is 11.3 Å². The van der Waals surface area contributed by atoms with Gasteiger partial charge < -0.3 is 0 Å². The molecule has 1 N–H and O–H groups in total. The molecule has 0 amide bonds. The normalized spacial score (nSPS) is 12.0. The van der Waals surface area contributed by atoms with E-state index in [1.54, 1.807) is 24.3 Å². The highest BCUT2D eigenvalue weighted by Gasteiger charge is 2.30. The summed E-state index contributed by atoms with van der Waals surface area (Å²) >= 11 is 1.52. The van der Waals surface area contributed by atoms with Gasteiger partial charge in [-0.25, -0.2) is 13.4 Å². The smallest absolute Gasteiger partial charge is 0.283 e. The van der Waals surface area contributed by atoms with Crippen LogP contribution in [0.4, 0.5) is 18.9 Å². The fourth-order valence-corrected chi connectivity index (χ4v) is 5.09. The van der Waals surface area contributed by atoms with E-state index in [9.17, 15) is 21.6 Å². The van der Waals surface area contributed by atoms with Crippen LogP contribution in [0.5, 0.6) is 0 Å². The molecule has 32 heavy (non-hydrogen) atoms. The van der Waals surface area contributed by atoms with Crippen molar-refractivity contribution in [2.45, 2.75) is 11.9 Å². The molecule has 0 saturated heterocycles. The van der Waals surface area contributed by atoms with Crippen molar-refractivity contribution >= 4 is 27.0 Å². The van der Waals surface area contributed by atoms with Crippen LogP contribution in [0, 0.1) is 0 Å². The van der Waals surface area contributed by atoms with Crippen LogP contribution in [0.15, 0.2) is 84.2 Å². The summed E-state index contributed by atoms with van der Waals surface area (Å²) in [6.45, 7) is 0. The molecule has 0 spiro atoms. The maximum atomic E-state index is 12.7. The number of hydrogen-bond donors (Lipinski definition) is 1. The summed E-state index contributed by atoms with van der Waals surface area (Å²) in [4.78, 5) is 4.63. The van der Waals surface area contributed by atoms with Gasteiger partial charge in [0.25, 0.3) is 0 Å². The SMILES string of the molecule is O=S(=O)(Cc1ccc(C(F)(F)F)cc1)Nc1ccc(-c2csc(-c3ccccc3)n2)cc1. The molecule has 0 atom stereocenters. The number of rotatable bonds is 6. The lowest BCUT2D eigenvalue weighted by Crippen LogP contribution is -2.15. The van der Waals surface area contributed by atoms with E-state index in [0.717, 1.165) is 46.1 Å². The monoisotopic (exact) mass is 474 g/mol. The van der Waals surface area contributed by atoms with E-state index in [4.69, 9.17) is 0 Å². The Morgan fingerprint density at radius 2 is 1.50 bits per heavy atom. The maximum absolute atomic E-state index is 12.7. The summed E-state index contributed by atoms with van der Waals surface area (Å²) in [6, 6.07) is 20.7. The minimum absolute atomic E-state index is 0.262. The van der Waals surface area contributed by atoms with Crippen molar-refractivity contribution in [2.75, 3.05) is 4.72 Å². The summed E-state index contributed by atoms with van der Waals surface area (Å²) in [5.74, 6) is -0.431. The zero-order valence-corrected chi connectivity index (χ0v) is 18.1. The number of aromatic nitrogens is 1. The molecular formula is C23H17F3N2O2S2. The second kappa shape index (κ2) is 8.76. The molecule has 0 aliphatic heterocycles. The van der Waals surface area contributed by atoms with Gasteiger partial charge >= 0.3 is 6.18 Å². The van der Waals surface area contributed by atoms with Crippen molar-refractivity contribution in [1.29, 1.82) is 0 Å². The van der Waals surface area contributed by atoms with E-state index in [0.29, 0.717) is 5.69 Å². The molecule has 0 aliphatic carbocycles. The minimum Gasteiger partial charge on any atom is -0.283 e. The third-order valence-electron chi connectivity index (χ3n) is 4.62. The molecule has 1 aromatic heterocycles. The first-order chi connectivity index (χ1) is 15.2. The van der Waals surface area contributed by atoms with Gasteiger partial charge in [0.2, 0.25) is 10.0 Å². The van der Waals surface area contributed by atoms with Gasteiger partial charge in [-0.3, -0.25) is 4.72 Å². The number of thiazole rings is 1. The van der Waals surface area contributed by atoms with E-state index in [-0.39, 0.29) is 5.56 Å². The quantitative estimate of drug-likeness (QED) is 0.350. The lowest BCUT2D eigenvalue weighted by atomic mass is 10.1. The van der Waals surface area contributed by atoms with Crippen molar-refractivity contribution in [2.24, 2.45) is 0 Å². The topological polar surface area (TPSA) is 59.1 Å². The Morgan fingerprint density at radius 1 is 0.844 bits per heavy atom. The van der Waals surface area contributed by atoms with Crippen LogP contribution >= 0.6 is 11.3 Å². The largest absolute Gasteiger partial charge is 0.416 e. The lowest BCUT2D eigenvalue weighted by molar-refractivity contribution is -0.137. The molecule has 4 nitrogen and oxygen atoms in total. The van der Waals surface area contributed by atoms with Gasteiger partial charge in [-0.15, -0.1) is 11.3 Å². The molecular weight excluding hydrogens is 457 g/mol. The van der Waals surface area contributed by atoms with E-state index >= 15 is 0 Å². The van der Waals surface area contributed by atoms with Gasteiger partial charge in [-0.1, -0.05) is 54.6 Å². The third-order valence-corrected chi connectivity index (χ3v) is 6.77. The van der Waals surface area contributed by atoms with Crippen LogP contribution in [0.2, 0.25) is 0 Å². The van der Waals surface area contributed by atoms with E-state index in [1.807, 2.05) is 35.7 Å². The number of anilines is 1. The molecule has 4 rings (SSSR count). The summed E-state index contributed by atoms with van der Waals surface area (Å²) in [6.07, 6.45) is -4.46. The molecule has 0 aliphatic rings.